The number of hydrogen-bond donors (Lipinski definition) is 3. The summed E-state index contributed by atoms with van der Waals surface area (Å²) in [5.41, 5.74) is -1.05. The number of hydrogen-bond acceptors (Lipinski definition) is 5. The van der Waals surface area contributed by atoms with Crippen LogP contribution in [0.25, 0.3) is 0 Å². The van der Waals surface area contributed by atoms with Gasteiger partial charge < -0.3 is 15.5 Å². The van der Waals surface area contributed by atoms with Crippen LogP contribution >= 0.6 is 0 Å². The summed E-state index contributed by atoms with van der Waals surface area (Å²) in [6.45, 7) is 0. The molecule has 0 saturated carbocycles. The quantitative estimate of drug-likeness (QED) is 0.551. The van der Waals surface area contributed by atoms with E-state index in [1.807, 2.05) is 0 Å². The highest BCUT2D eigenvalue weighted by Gasteiger charge is 2.14. The highest BCUT2D eigenvalue weighted by molar-refractivity contribution is 5.90. The number of rotatable bonds is 3. The Morgan fingerprint density at radius 2 is 2.00 bits per heavy atom. The Balaban J connectivity index is 3.16. The minimum Gasteiger partial charge on any atom is -0.506 e. The number of nitriles is 2. The molecule has 0 unspecified atom stereocenters. The largest absolute Gasteiger partial charge is 0.506 e. The topological polar surface area (TPSA) is 117 Å². The fourth-order valence-electron chi connectivity index (χ4n) is 1.08. The molecule has 0 aliphatic heterocycles. The van der Waals surface area contributed by atoms with Gasteiger partial charge in [-0.2, -0.15) is 10.5 Å². The van der Waals surface area contributed by atoms with E-state index in [0.29, 0.717) is 6.07 Å². The predicted molar refractivity (Wildman–Crippen MR) is 58.0 cm³/mol. The van der Waals surface area contributed by atoms with Gasteiger partial charge in [0.15, 0.2) is 0 Å². The van der Waals surface area contributed by atoms with Crippen LogP contribution in [-0.4, -0.2) is 16.2 Å². The van der Waals surface area contributed by atoms with Gasteiger partial charge >= 0.3 is 5.97 Å². The molecule has 1 aromatic carbocycles. The highest BCUT2D eigenvalue weighted by Crippen LogP contribution is 2.27. The number of carbonyl (C=O) groups is 1. The number of nitrogens with one attached hydrogen (secondary N) is 1. The highest BCUT2D eigenvalue weighted by atomic mass is 19.1. The number of phenols is 1. The number of nitrogens with zero attached hydrogens (tertiary/aromatic N) is 2. The van der Waals surface area contributed by atoms with Gasteiger partial charge in [-0.05, 0) is 6.07 Å². The second kappa shape index (κ2) is 5.32. The summed E-state index contributed by atoms with van der Waals surface area (Å²) >= 11 is 0. The molecule has 0 radical (unpaired) electrons. The first-order valence-corrected chi connectivity index (χ1v) is 4.52. The SMILES string of the molecule is N#CC(C#N)=CNc1cc(C(=O)O)c(F)cc1O. The summed E-state index contributed by atoms with van der Waals surface area (Å²) in [5.74, 6) is -3.13. The normalized spacial score (nSPS) is 8.83. The molecule has 0 heterocycles. The van der Waals surface area contributed by atoms with E-state index in [2.05, 4.69) is 5.32 Å². The molecule has 3 N–H and O–H groups in total. The third-order valence-electron chi connectivity index (χ3n) is 1.93. The number of carboxylic acid groups (broad SMARTS) is 1. The van der Waals surface area contributed by atoms with Gasteiger partial charge in [0, 0.05) is 12.3 Å². The molecular formula is C11H6FN3O3. The molecule has 0 bridgehead atoms. The monoisotopic (exact) mass is 247 g/mol. The van der Waals surface area contributed by atoms with Crippen molar-refractivity contribution in [2.24, 2.45) is 0 Å². The molecule has 1 aromatic rings. The number of phenolic OH excluding ortho intramolecular Hbond substituents is 1. The van der Waals surface area contributed by atoms with E-state index in [4.69, 9.17) is 15.6 Å². The summed E-state index contributed by atoms with van der Waals surface area (Å²) in [6, 6.07) is 4.59. The van der Waals surface area contributed by atoms with Crippen LogP contribution in [0, 0.1) is 28.5 Å². The lowest BCUT2D eigenvalue weighted by atomic mass is 10.1. The van der Waals surface area contributed by atoms with E-state index < -0.39 is 23.1 Å². The van der Waals surface area contributed by atoms with Crippen molar-refractivity contribution in [3.05, 3.63) is 35.3 Å². The van der Waals surface area contributed by atoms with Gasteiger partial charge in [0.25, 0.3) is 0 Å². The zero-order valence-electron chi connectivity index (χ0n) is 8.81. The number of benzene rings is 1. The average Bonchev–Trinajstić information content (AvgIpc) is 2.32. The molecule has 7 heteroatoms. The Morgan fingerprint density at radius 3 is 2.50 bits per heavy atom. The zero-order chi connectivity index (χ0) is 13.7. The van der Waals surface area contributed by atoms with Crippen LogP contribution in [0.3, 0.4) is 0 Å². The fraction of sp³-hybridized carbons (Fsp3) is 0. The van der Waals surface area contributed by atoms with Crippen molar-refractivity contribution in [3.8, 4) is 17.9 Å². The zero-order valence-corrected chi connectivity index (χ0v) is 8.81. The predicted octanol–water partition coefficient (Wildman–Crippen LogP) is 1.57. The van der Waals surface area contributed by atoms with Crippen molar-refractivity contribution in [3.63, 3.8) is 0 Å². The Morgan fingerprint density at radius 1 is 1.39 bits per heavy atom. The summed E-state index contributed by atoms with van der Waals surface area (Å²) in [5, 5.41) is 37.3. The molecule has 0 spiro atoms. The summed E-state index contributed by atoms with van der Waals surface area (Å²) < 4.78 is 13.1. The first kappa shape index (κ1) is 13.0. The molecule has 0 aliphatic carbocycles. The molecule has 18 heavy (non-hydrogen) atoms. The molecule has 0 amide bonds. The summed E-state index contributed by atoms with van der Waals surface area (Å²) in [7, 11) is 0. The van der Waals surface area contributed by atoms with Crippen molar-refractivity contribution >= 4 is 11.7 Å². The number of halogens is 1. The van der Waals surface area contributed by atoms with E-state index in [1.54, 1.807) is 12.1 Å². The Labute approximate surface area is 101 Å². The molecule has 0 saturated heterocycles. The van der Waals surface area contributed by atoms with Crippen LogP contribution < -0.4 is 5.32 Å². The van der Waals surface area contributed by atoms with Crippen molar-refractivity contribution < 1.29 is 19.4 Å². The molecule has 0 atom stereocenters. The van der Waals surface area contributed by atoms with E-state index in [0.717, 1.165) is 12.3 Å². The van der Waals surface area contributed by atoms with Crippen LogP contribution in [0.5, 0.6) is 5.75 Å². The minimum atomic E-state index is -1.50. The third-order valence-corrected chi connectivity index (χ3v) is 1.93. The third kappa shape index (κ3) is 2.74. The van der Waals surface area contributed by atoms with Gasteiger partial charge in [0.2, 0.25) is 0 Å². The van der Waals surface area contributed by atoms with Gasteiger partial charge in [-0.1, -0.05) is 0 Å². The van der Waals surface area contributed by atoms with E-state index >= 15 is 0 Å². The number of carboxylic acids is 1. The smallest absolute Gasteiger partial charge is 0.338 e. The van der Waals surface area contributed by atoms with E-state index in [1.165, 1.54) is 0 Å². The summed E-state index contributed by atoms with van der Waals surface area (Å²) in [4.78, 5) is 10.7. The van der Waals surface area contributed by atoms with E-state index in [-0.39, 0.29) is 11.3 Å². The number of allylic oxidation sites excluding steroid dienone is 1. The van der Waals surface area contributed by atoms with Crippen LogP contribution in [0.15, 0.2) is 23.9 Å². The molecule has 0 aliphatic rings. The molecule has 0 aromatic heterocycles. The van der Waals surface area contributed by atoms with Crippen LogP contribution in [0.4, 0.5) is 10.1 Å². The maximum Gasteiger partial charge on any atom is 0.338 e. The second-order valence-electron chi connectivity index (χ2n) is 3.08. The first-order chi connectivity index (χ1) is 8.49. The van der Waals surface area contributed by atoms with Gasteiger partial charge in [0.05, 0.1) is 11.3 Å². The van der Waals surface area contributed by atoms with Crippen molar-refractivity contribution in [2.75, 3.05) is 5.32 Å². The van der Waals surface area contributed by atoms with Gasteiger partial charge in [-0.25, -0.2) is 9.18 Å². The van der Waals surface area contributed by atoms with Crippen molar-refractivity contribution in [1.29, 1.82) is 10.5 Å². The fourth-order valence-corrected chi connectivity index (χ4v) is 1.08. The molecule has 6 nitrogen and oxygen atoms in total. The number of anilines is 1. The molecule has 0 fully saturated rings. The maximum absolute atomic E-state index is 13.1. The van der Waals surface area contributed by atoms with Crippen molar-refractivity contribution in [1.82, 2.24) is 0 Å². The second-order valence-corrected chi connectivity index (χ2v) is 3.08. The van der Waals surface area contributed by atoms with Crippen molar-refractivity contribution in [2.45, 2.75) is 0 Å². The van der Waals surface area contributed by atoms with Crippen LogP contribution in [0.1, 0.15) is 10.4 Å². The minimum absolute atomic E-state index is 0.128. The molecule has 1 rings (SSSR count). The Bertz CT molecular complexity index is 595. The Hall–Kier alpha value is -3.06. The van der Waals surface area contributed by atoms with Gasteiger partial charge in [-0.3, -0.25) is 0 Å². The summed E-state index contributed by atoms with van der Waals surface area (Å²) in [6.07, 6.45) is 0.971. The lowest BCUT2D eigenvalue weighted by Gasteiger charge is -2.06. The molecule has 90 valence electrons. The Kier molecular flexibility index (Phi) is 3.85. The standard InChI is InChI=1S/C11H6FN3O3/c12-8-2-10(16)9(1-7(8)11(17)18)15-5-6(3-13)4-14/h1-2,5,15-16H,(H,17,18). The van der Waals surface area contributed by atoms with Gasteiger partial charge in [0.1, 0.15) is 29.3 Å². The lowest BCUT2D eigenvalue weighted by molar-refractivity contribution is 0.0692. The maximum atomic E-state index is 13.1. The number of aromatic carboxylic acids is 1. The number of aromatic hydroxyl groups is 1. The van der Waals surface area contributed by atoms with Crippen LogP contribution in [0.2, 0.25) is 0 Å². The van der Waals surface area contributed by atoms with Gasteiger partial charge in [-0.15, -0.1) is 0 Å². The molecular weight excluding hydrogens is 241 g/mol. The van der Waals surface area contributed by atoms with Crippen LogP contribution in [-0.2, 0) is 0 Å². The average molecular weight is 247 g/mol. The lowest BCUT2D eigenvalue weighted by Crippen LogP contribution is -2.02. The van der Waals surface area contributed by atoms with E-state index in [9.17, 15) is 14.3 Å². The first-order valence-electron chi connectivity index (χ1n) is 4.52.